The summed E-state index contributed by atoms with van der Waals surface area (Å²) in [6.07, 6.45) is 3.13. The molecule has 1 rings (SSSR count). The lowest BCUT2D eigenvalue weighted by atomic mass is 9.97. The van der Waals surface area contributed by atoms with Crippen LogP contribution in [0.5, 0.6) is 0 Å². The van der Waals surface area contributed by atoms with Crippen molar-refractivity contribution in [2.24, 2.45) is 0 Å². The Morgan fingerprint density at radius 3 is 2.84 bits per heavy atom. The molecule has 0 aliphatic carbocycles. The van der Waals surface area contributed by atoms with Gasteiger partial charge in [0.1, 0.15) is 5.54 Å². The molecule has 2 nitrogen and oxygen atoms in total. The molecule has 0 bridgehead atoms. The number of nitrogens with one attached hydrogen (secondary N) is 1. The fourth-order valence-electron chi connectivity index (χ4n) is 1.90. The first kappa shape index (κ1) is 16.6. The molecule has 1 N–H and O–H groups in total. The second-order valence-electron chi connectivity index (χ2n) is 4.74. The third kappa shape index (κ3) is 6.47. The zero-order valence-electron chi connectivity index (χ0n) is 11.6. The third-order valence-corrected chi connectivity index (χ3v) is 4.52. The van der Waals surface area contributed by atoms with Crippen molar-refractivity contribution in [1.29, 1.82) is 5.26 Å². The van der Waals surface area contributed by atoms with Gasteiger partial charge in [-0.1, -0.05) is 28.9 Å². The van der Waals surface area contributed by atoms with Crippen LogP contribution in [-0.4, -0.2) is 17.8 Å². The van der Waals surface area contributed by atoms with Crippen LogP contribution in [0.1, 0.15) is 33.1 Å². The summed E-state index contributed by atoms with van der Waals surface area (Å²) in [5.41, 5.74) is -0.366. The van der Waals surface area contributed by atoms with E-state index in [-0.39, 0.29) is 5.54 Å². The van der Waals surface area contributed by atoms with Gasteiger partial charge in [-0.15, -0.1) is 11.8 Å². The summed E-state index contributed by atoms with van der Waals surface area (Å²) in [6, 6.07) is 10.7. The summed E-state index contributed by atoms with van der Waals surface area (Å²) in [7, 11) is 0. The van der Waals surface area contributed by atoms with E-state index in [4.69, 9.17) is 5.26 Å². The van der Waals surface area contributed by atoms with Crippen molar-refractivity contribution in [3.8, 4) is 6.07 Å². The van der Waals surface area contributed by atoms with E-state index in [2.05, 4.69) is 45.5 Å². The van der Waals surface area contributed by atoms with Gasteiger partial charge in [-0.3, -0.25) is 5.32 Å². The standard InChI is InChI=1S/C15H21BrN2S/c1-3-18-15(2,12-17)9-4-5-10-19-14-8-6-7-13(16)11-14/h6-8,11,18H,3-5,9-10H2,1-2H3. The largest absolute Gasteiger partial charge is 0.300 e. The summed E-state index contributed by atoms with van der Waals surface area (Å²) in [6.45, 7) is 4.87. The third-order valence-electron chi connectivity index (χ3n) is 2.95. The van der Waals surface area contributed by atoms with E-state index >= 15 is 0 Å². The van der Waals surface area contributed by atoms with Gasteiger partial charge < -0.3 is 0 Å². The molecule has 0 saturated heterocycles. The molecule has 0 amide bonds. The Hall–Kier alpha value is -0.500. The summed E-state index contributed by atoms with van der Waals surface area (Å²) in [5.74, 6) is 1.10. The minimum absolute atomic E-state index is 0.366. The van der Waals surface area contributed by atoms with Crippen LogP contribution in [0.4, 0.5) is 0 Å². The molecule has 0 saturated carbocycles. The Kier molecular flexibility index (Phi) is 7.52. The van der Waals surface area contributed by atoms with Crippen LogP contribution < -0.4 is 5.32 Å². The number of nitriles is 1. The lowest BCUT2D eigenvalue weighted by Gasteiger charge is -2.22. The first-order chi connectivity index (χ1) is 9.09. The number of unbranched alkanes of at least 4 members (excludes halogenated alkanes) is 1. The van der Waals surface area contributed by atoms with Gasteiger partial charge in [0.2, 0.25) is 0 Å². The van der Waals surface area contributed by atoms with Gasteiger partial charge in [-0.2, -0.15) is 5.26 Å². The molecule has 0 radical (unpaired) electrons. The Morgan fingerprint density at radius 2 is 2.21 bits per heavy atom. The second kappa shape index (κ2) is 8.63. The molecule has 0 spiro atoms. The average Bonchev–Trinajstić information content (AvgIpc) is 2.39. The summed E-state index contributed by atoms with van der Waals surface area (Å²) < 4.78 is 1.13. The highest BCUT2D eigenvalue weighted by Crippen LogP contribution is 2.23. The predicted octanol–water partition coefficient (Wildman–Crippen LogP) is 4.60. The fraction of sp³-hybridized carbons (Fsp3) is 0.533. The zero-order chi connectivity index (χ0) is 14.1. The molecule has 104 valence electrons. The van der Waals surface area contributed by atoms with Crippen LogP contribution in [0.15, 0.2) is 33.6 Å². The van der Waals surface area contributed by atoms with Crippen molar-refractivity contribution in [3.63, 3.8) is 0 Å². The molecule has 1 unspecified atom stereocenters. The van der Waals surface area contributed by atoms with Gasteiger partial charge in [0.15, 0.2) is 0 Å². The van der Waals surface area contributed by atoms with Gasteiger partial charge in [-0.25, -0.2) is 0 Å². The highest BCUT2D eigenvalue weighted by molar-refractivity contribution is 9.10. The van der Waals surface area contributed by atoms with Gasteiger partial charge >= 0.3 is 0 Å². The minimum atomic E-state index is -0.366. The number of rotatable bonds is 8. The number of halogens is 1. The van der Waals surface area contributed by atoms with Gasteiger partial charge in [0.05, 0.1) is 6.07 Å². The van der Waals surface area contributed by atoms with Crippen LogP contribution >= 0.6 is 27.7 Å². The van der Waals surface area contributed by atoms with Crippen LogP contribution in [0.2, 0.25) is 0 Å². The molecular formula is C15H21BrN2S. The van der Waals surface area contributed by atoms with Crippen molar-refractivity contribution in [1.82, 2.24) is 5.32 Å². The van der Waals surface area contributed by atoms with E-state index < -0.39 is 0 Å². The first-order valence-corrected chi connectivity index (χ1v) is 8.42. The molecule has 19 heavy (non-hydrogen) atoms. The van der Waals surface area contributed by atoms with Crippen molar-refractivity contribution < 1.29 is 0 Å². The van der Waals surface area contributed by atoms with E-state index in [1.165, 1.54) is 4.90 Å². The molecule has 1 atom stereocenters. The molecule has 0 fully saturated rings. The highest BCUT2D eigenvalue weighted by Gasteiger charge is 2.20. The van der Waals surface area contributed by atoms with Crippen LogP contribution in [0, 0.1) is 11.3 Å². The van der Waals surface area contributed by atoms with Crippen molar-refractivity contribution >= 4 is 27.7 Å². The molecule has 0 heterocycles. The molecule has 0 aliphatic heterocycles. The molecule has 1 aromatic carbocycles. The Labute approximate surface area is 129 Å². The van der Waals surface area contributed by atoms with Gasteiger partial charge in [0, 0.05) is 9.37 Å². The average molecular weight is 341 g/mol. The van der Waals surface area contributed by atoms with E-state index in [1.54, 1.807) is 0 Å². The van der Waals surface area contributed by atoms with Crippen molar-refractivity contribution in [3.05, 3.63) is 28.7 Å². The van der Waals surface area contributed by atoms with E-state index in [9.17, 15) is 0 Å². The minimum Gasteiger partial charge on any atom is -0.300 e. The van der Waals surface area contributed by atoms with E-state index in [0.29, 0.717) is 0 Å². The number of thioether (sulfide) groups is 1. The van der Waals surface area contributed by atoms with Crippen LogP contribution in [0.25, 0.3) is 0 Å². The van der Waals surface area contributed by atoms with E-state index in [0.717, 1.165) is 36.0 Å². The number of nitrogens with zero attached hydrogens (tertiary/aromatic N) is 1. The quantitative estimate of drug-likeness (QED) is 0.554. The SMILES string of the molecule is CCNC(C)(C#N)CCCCSc1cccc(Br)c1. The van der Waals surface area contributed by atoms with Crippen LogP contribution in [-0.2, 0) is 0 Å². The van der Waals surface area contributed by atoms with E-state index in [1.807, 2.05) is 31.7 Å². The highest BCUT2D eigenvalue weighted by atomic mass is 79.9. The maximum Gasteiger partial charge on any atom is 0.103 e. The maximum atomic E-state index is 9.16. The molecule has 4 heteroatoms. The molecule has 0 aromatic heterocycles. The number of hydrogen-bond acceptors (Lipinski definition) is 3. The van der Waals surface area contributed by atoms with Gasteiger partial charge in [0.25, 0.3) is 0 Å². The fourth-order valence-corrected chi connectivity index (χ4v) is 3.42. The molecule has 1 aromatic rings. The van der Waals surface area contributed by atoms with Gasteiger partial charge in [-0.05, 0) is 56.7 Å². The second-order valence-corrected chi connectivity index (χ2v) is 6.82. The number of hydrogen-bond donors (Lipinski definition) is 1. The zero-order valence-corrected chi connectivity index (χ0v) is 14.0. The molecule has 0 aliphatic rings. The van der Waals surface area contributed by atoms with Crippen molar-refractivity contribution in [2.75, 3.05) is 12.3 Å². The maximum absolute atomic E-state index is 9.16. The number of benzene rings is 1. The van der Waals surface area contributed by atoms with Crippen LogP contribution in [0.3, 0.4) is 0 Å². The summed E-state index contributed by atoms with van der Waals surface area (Å²) >= 11 is 5.35. The smallest absolute Gasteiger partial charge is 0.103 e. The first-order valence-electron chi connectivity index (χ1n) is 6.64. The monoisotopic (exact) mass is 340 g/mol. The topological polar surface area (TPSA) is 35.8 Å². The lowest BCUT2D eigenvalue weighted by Crippen LogP contribution is -2.40. The normalized spacial score (nSPS) is 13.8. The predicted molar refractivity (Wildman–Crippen MR) is 86.4 cm³/mol. The Balaban J connectivity index is 2.23. The Bertz CT molecular complexity index is 430. The molecular weight excluding hydrogens is 320 g/mol. The summed E-state index contributed by atoms with van der Waals surface area (Å²) in [5, 5.41) is 12.4. The Morgan fingerprint density at radius 1 is 1.42 bits per heavy atom. The van der Waals surface area contributed by atoms with Crippen molar-refractivity contribution in [2.45, 2.75) is 43.5 Å². The summed E-state index contributed by atoms with van der Waals surface area (Å²) in [4.78, 5) is 1.30. The lowest BCUT2D eigenvalue weighted by molar-refractivity contribution is 0.415.